The van der Waals surface area contributed by atoms with E-state index in [0.717, 1.165) is 6.20 Å². The van der Waals surface area contributed by atoms with Crippen LogP contribution in [0.3, 0.4) is 0 Å². The number of aliphatic hydroxyl groups is 1. The van der Waals surface area contributed by atoms with Gasteiger partial charge < -0.3 is 20.1 Å². The summed E-state index contributed by atoms with van der Waals surface area (Å²) in [5.74, 6) is -0.453. The molecule has 0 fully saturated rings. The Morgan fingerprint density at radius 3 is 2.95 bits per heavy atom. The van der Waals surface area contributed by atoms with Crippen molar-refractivity contribution in [1.82, 2.24) is 14.9 Å². The zero-order chi connectivity index (χ0) is 14.0. The fraction of sp³-hybridized carbons (Fsp3) is 0.333. The van der Waals surface area contributed by atoms with E-state index in [4.69, 9.17) is 5.11 Å². The number of hydrogen-bond acceptors (Lipinski definition) is 3. The Labute approximate surface area is 108 Å². The lowest BCUT2D eigenvalue weighted by Crippen LogP contribution is -2.28. The van der Waals surface area contributed by atoms with Crippen LogP contribution < -0.4 is 5.32 Å². The van der Waals surface area contributed by atoms with Gasteiger partial charge in [0.2, 0.25) is 0 Å². The predicted molar refractivity (Wildman–Crippen MR) is 66.4 cm³/mol. The minimum atomic E-state index is -1.12. The molecule has 19 heavy (non-hydrogen) atoms. The molecule has 102 valence electrons. The zero-order valence-corrected chi connectivity index (χ0v) is 10.3. The first-order chi connectivity index (χ1) is 9.02. The minimum absolute atomic E-state index is 0.172. The molecule has 0 radical (unpaired) electrons. The van der Waals surface area contributed by atoms with Crippen molar-refractivity contribution in [3.8, 4) is 0 Å². The van der Waals surface area contributed by atoms with E-state index in [2.05, 4.69) is 10.3 Å². The number of aromatic nitrogens is 2. The van der Waals surface area contributed by atoms with Crippen LogP contribution in [0.4, 0.5) is 9.18 Å². The number of rotatable bonds is 4. The maximum atomic E-state index is 13.1. The molecule has 0 saturated heterocycles. The van der Waals surface area contributed by atoms with Gasteiger partial charge in [0.1, 0.15) is 11.5 Å². The standard InChI is InChI=1S/C12H14FN3O3/c1-7(4-15-12(18)19)16-10(6-17)3-8-2-9(13)5-14-11(8)16/h2-3,5,7,15,17H,4,6H2,1H3,(H,18,19)/t7-/m1/s1. The summed E-state index contributed by atoms with van der Waals surface area (Å²) in [5, 5.41) is 20.8. The summed E-state index contributed by atoms with van der Waals surface area (Å²) in [6.45, 7) is 1.74. The second-order valence-corrected chi connectivity index (χ2v) is 4.27. The summed E-state index contributed by atoms with van der Waals surface area (Å²) in [6.07, 6.45) is -0.0231. The Bertz CT molecular complexity index is 612. The van der Waals surface area contributed by atoms with E-state index in [-0.39, 0.29) is 19.2 Å². The number of nitrogens with zero attached hydrogens (tertiary/aromatic N) is 2. The molecule has 3 N–H and O–H groups in total. The first-order valence-corrected chi connectivity index (χ1v) is 5.76. The van der Waals surface area contributed by atoms with Crippen LogP contribution >= 0.6 is 0 Å². The van der Waals surface area contributed by atoms with Crippen molar-refractivity contribution >= 4 is 17.1 Å². The summed E-state index contributed by atoms with van der Waals surface area (Å²) in [4.78, 5) is 14.5. The molecule has 0 spiro atoms. The molecule has 6 nitrogen and oxygen atoms in total. The first-order valence-electron chi connectivity index (χ1n) is 5.76. The van der Waals surface area contributed by atoms with Gasteiger partial charge in [-0.25, -0.2) is 14.2 Å². The highest BCUT2D eigenvalue weighted by molar-refractivity contribution is 5.77. The lowest BCUT2D eigenvalue weighted by molar-refractivity contribution is 0.192. The molecule has 0 aliphatic heterocycles. The van der Waals surface area contributed by atoms with Crippen LogP contribution in [-0.2, 0) is 6.61 Å². The van der Waals surface area contributed by atoms with Gasteiger partial charge in [-0.05, 0) is 19.1 Å². The Morgan fingerprint density at radius 2 is 2.32 bits per heavy atom. The Balaban J connectivity index is 2.42. The topological polar surface area (TPSA) is 87.4 Å². The molecular formula is C12H14FN3O3. The van der Waals surface area contributed by atoms with E-state index in [0.29, 0.717) is 16.7 Å². The third-order valence-corrected chi connectivity index (χ3v) is 2.87. The fourth-order valence-electron chi connectivity index (χ4n) is 2.08. The van der Waals surface area contributed by atoms with Crippen LogP contribution in [0.5, 0.6) is 0 Å². The maximum absolute atomic E-state index is 13.1. The largest absolute Gasteiger partial charge is 0.465 e. The van der Waals surface area contributed by atoms with Crippen LogP contribution in [-0.4, -0.2) is 32.4 Å². The molecule has 2 heterocycles. The monoisotopic (exact) mass is 267 g/mol. The lowest BCUT2D eigenvalue weighted by Gasteiger charge is -2.17. The number of pyridine rings is 1. The number of amides is 1. The quantitative estimate of drug-likeness (QED) is 0.783. The average Bonchev–Trinajstić information content (AvgIpc) is 2.73. The average molecular weight is 267 g/mol. The number of carboxylic acid groups (broad SMARTS) is 1. The normalized spacial score (nSPS) is 12.6. The second-order valence-electron chi connectivity index (χ2n) is 4.27. The van der Waals surface area contributed by atoms with E-state index in [1.807, 2.05) is 0 Å². The SMILES string of the molecule is C[C@H](CNC(=O)O)n1c(CO)cc2cc(F)cnc21. The van der Waals surface area contributed by atoms with E-state index in [1.165, 1.54) is 6.07 Å². The summed E-state index contributed by atoms with van der Waals surface area (Å²) in [7, 11) is 0. The number of aliphatic hydroxyl groups excluding tert-OH is 1. The van der Waals surface area contributed by atoms with Gasteiger partial charge in [-0.1, -0.05) is 0 Å². The molecule has 2 aromatic heterocycles. The number of carbonyl (C=O) groups is 1. The highest BCUT2D eigenvalue weighted by atomic mass is 19.1. The maximum Gasteiger partial charge on any atom is 0.404 e. The molecule has 0 aliphatic carbocycles. The first kappa shape index (κ1) is 13.3. The fourth-order valence-corrected chi connectivity index (χ4v) is 2.08. The Morgan fingerprint density at radius 1 is 1.58 bits per heavy atom. The summed E-state index contributed by atoms with van der Waals surface area (Å²) >= 11 is 0. The van der Waals surface area contributed by atoms with Gasteiger partial charge in [-0.15, -0.1) is 0 Å². The van der Waals surface area contributed by atoms with Crippen molar-refractivity contribution in [3.05, 3.63) is 29.8 Å². The van der Waals surface area contributed by atoms with Crippen LogP contribution in [0.1, 0.15) is 18.7 Å². The Kier molecular flexibility index (Phi) is 3.66. The van der Waals surface area contributed by atoms with E-state index in [1.54, 1.807) is 17.6 Å². The van der Waals surface area contributed by atoms with Gasteiger partial charge in [0.05, 0.1) is 18.8 Å². The summed E-state index contributed by atoms with van der Waals surface area (Å²) in [6, 6.07) is 2.73. The van der Waals surface area contributed by atoms with Gasteiger partial charge >= 0.3 is 6.09 Å². The van der Waals surface area contributed by atoms with E-state index >= 15 is 0 Å². The van der Waals surface area contributed by atoms with Crippen molar-refractivity contribution in [1.29, 1.82) is 0 Å². The molecule has 2 rings (SSSR count). The molecular weight excluding hydrogens is 253 g/mol. The van der Waals surface area contributed by atoms with Crippen LogP contribution in [0.25, 0.3) is 11.0 Å². The summed E-state index contributed by atoms with van der Waals surface area (Å²) in [5.41, 5.74) is 1.08. The molecule has 0 unspecified atom stereocenters. The molecule has 7 heteroatoms. The van der Waals surface area contributed by atoms with Gasteiger partial charge in [-0.3, -0.25) is 0 Å². The van der Waals surface area contributed by atoms with Crippen molar-refractivity contribution in [2.75, 3.05) is 6.54 Å². The van der Waals surface area contributed by atoms with Crippen molar-refractivity contribution in [2.24, 2.45) is 0 Å². The second kappa shape index (κ2) is 5.23. The number of fused-ring (bicyclic) bond motifs is 1. The highest BCUT2D eigenvalue weighted by Crippen LogP contribution is 2.23. The molecule has 0 aliphatic rings. The molecule has 0 saturated carbocycles. The number of halogens is 1. The van der Waals surface area contributed by atoms with Crippen molar-refractivity contribution in [3.63, 3.8) is 0 Å². The third-order valence-electron chi connectivity index (χ3n) is 2.87. The smallest absolute Gasteiger partial charge is 0.404 e. The Hall–Kier alpha value is -2.15. The minimum Gasteiger partial charge on any atom is -0.465 e. The van der Waals surface area contributed by atoms with Crippen LogP contribution in [0.2, 0.25) is 0 Å². The van der Waals surface area contributed by atoms with Crippen molar-refractivity contribution in [2.45, 2.75) is 19.6 Å². The molecule has 1 amide bonds. The summed E-state index contributed by atoms with van der Waals surface area (Å²) < 4.78 is 14.8. The van der Waals surface area contributed by atoms with E-state index < -0.39 is 11.9 Å². The van der Waals surface area contributed by atoms with Gasteiger partial charge in [-0.2, -0.15) is 0 Å². The zero-order valence-electron chi connectivity index (χ0n) is 10.3. The molecule has 1 atom stereocenters. The van der Waals surface area contributed by atoms with Gasteiger partial charge in [0, 0.05) is 17.6 Å². The molecule has 2 aromatic rings. The van der Waals surface area contributed by atoms with Crippen LogP contribution in [0, 0.1) is 5.82 Å². The predicted octanol–water partition coefficient (Wildman–Crippen LogP) is 1.50. The highest BCUT2D eigenvalue weighted by Gasteiger charge is 2.15. The third kappa shape index (κ3) is 2.65. The van der Waals surface area contributed by atoms with Crippen molar-refractivity contribution < 1.29 is 19.4 Å². The van der Waals surface area contributed by atoms with Crippen LogP contribution in [0.15, 0.2) is 18.3 Å². The van der Waals surface area contributed by atoms with E-state index in [9.17, 15) is 14.3 Å². The number of nitrogens with one attached hydrogen (secondary N) is 1. The van der Waals surface area contributed by atoms with Gasteiger partial charge in [0.15, 0.2) is 0 Å². The van der Waals surface area contributed by atoms with Gasteiger partial charge in [0.25, 0.3) is 0 Å². The molecule has 0 aromatic carbocycles. The lowest BCUT2D eigenvalue weighted by atomic mass is 10.3. The molecule has 0 bridgehead atoms. The number of hydrogen-bond donors (Lipinski definition) is 3.